The Morgan fingerprint density at radius 1 is 1.15 bits per heavy atom. The Hall–Kier alpha value is -1.13. The van der Waals surface area contributed by atoms with Gasteiger partial charge in [-0.15, -0.1) is 0 Å². The first-order valence-electron chi connectivity index (χ1n) is 6.98. The molecule has 1 aromatic carbocycles. The van der Waals surface area contributed by atoms with Crippen LogP contribution >= 0.6 is 23.8 Å². The van der Waals surface area contributed by atoms with Gasteiger partial charge in [0.05, 0.1) is 0 Å². The van der Waals surface area contributed by atoms with E-state index >= 15 is 0 Å². The van der Waals surface area contributed by atoms with E-state index in [2.05, 4.69) is 17.6 Å². The second kappa shape index (κ2) is 9.72. The van der Waals surface area contributed by atoms with Gasteiger partial charge in [-0.3, -0.25) is 4.79 Å². The highest BCUT2D eigenvalue weighted by Gasteiger charge is 2.04. The van der Waals surface area contributed by atoms with Crippen LogP contribution in [0.2, 0.25) is 5.02 Å². The normalized spacial score (nSPS) is 10.1. The van der Waals surface area contributed by atoms with Crippen molar-refractivity contribution in [2.75, 3.05) is 5.32 Å². The third-order valence-electron chi connectivity index (χ3n) is 2.86. The van der Waals surface area contributed by atoms with Gasteiger partial charge in [-0.1, -0.05) is 44.2 Å². The SMILES string of the molecule is CCCCCCCC(=O)NC(=S)Nc1ccc(Cl)cc1. The molecule has 1 rings (SSSR count). The molecule has 2 N–H and O–H groups in total. The average Bonchev–Trinajstić information content (AvgIpc) is 2.41. The Bertz CT molecular complexity index is 434. The molecule has 110 valence electrons. The summed E-state index contributed by atoms with van der Waals surface area (Å²) in [7, 11) is 0. The van der Waals surface area contributed by atoms with Crippen molar-refractivity contribution in [3.63, 3.8) is 0 Å². The fraction of sp³-hybridized carbons (Fsp3) is 0.467. The van der Waals surface area contributed by atoms with E-state index in [4.69, 9.17) is 23.8 Å². The summed E-state index contributed by atoms with van der Waals surface area (Å²) in [5.74, 6) is -0.0343. The van der Waals surface area contributed by atoms with E-state index in [1.54, 1.807) is 12.1 Å². The zero-order valence-corrected chi connectivity index (χ0v) is 13.3. The first kappa shape index (κ1) is 16.9. The van der Waals surface area contributed by atoms with Crippen molar-refractivity contribution >= 4 is 40.5 Å². The van der Waals surface area contributed by atoms with Crippen LogP contribution in [-0.4, -0.2) is 11.0 Å². The van der Waals surface area contributed by atoms with Crippen LogP contribution < -0.4 is 10.6 Å². The number of thiocarbonyl (C=S) groups is 1. The molecule has 0 fully saturated rings. The molecule has 0 heterocycles. The highest BCUT2D eigenvalue weighted by molar-refractivity contribution is 7.80. The third kappa shape index (κ3) is 7.46. The van der Waals surface area contributed by atoms with Crippen molar-refractivity contribution in [1.29, 1.82) is 0 Å². The van der Waals surface area contributed by atoms with E-state index in [0.717, 1.165) is 18.5 Å². The number of unbranched alkanes of at least 4 members (excludes halogenated alkanes) is 4. The molecule has 0 bridgehead atoms. The monoisotopic (exact) mass is 312 g/mol. The number of rotatable bonds is 7. The molecule has 20 heavy (non-hydrogen) atoms. The molecule has 1 aromatic rings. The van der Waals surface area contributed by atoms with Crippen LogP contribution in [0.3, 0.4) is 0 Å². The summed E-state index contributed by atoms with van der Waals surface area (Å²) in [5, 5.41) is 6.62. The summed E-state index contributed by atoms with van der Waals surface area (Å²) in [6, 6.07) is 7.15. The number of carbonyl (C=O) groups is 1. The van der Waals surface area contributed by atoms with Gasteiger partial charge in [0.15, 0.2) is 5.11 Å². The fourth-order valence-corrected chi connectivity index (χ4v) is 2.13. The molecule has 3 nitrogen and oxygen atoms in total. The topological polar surface area (TPSA) is 41.1 Å². The standard InChI is InChI=1S/C15H21ClN2OS/c1-2-3-4-5-6-7-14(19)18-15(20)17-13-10-8-12(16)9-11-13/h8-11H,2-7H2,1H3,(H2,17,18,19,20). The molecule has 0 spiro atoms. The zero-order valence-electron chi connectivity index (χ0n) is 11.7. The third-order valence-corrected chi connectivity index (χ3v) is 3.32. The minimum absolute atomic E-state index is 0.0343. The maximum Gasteiger partial charge on any atom is 0.226 e. The van der Waals surface area contributed by atoms with Crippen LogP contribution in [0.15, 0.2) is 24.3 Å². The number of benzene rings is 1. The molecule has 5 heteroatoms. The van der Waals surface area contributed by atoms with Crippen molar-refractivity contribution < 1.29 is 4.79 Å². The lowest BCUT2D eigenvalue weighted by Crippen LogP contribution is -2.33. The van der Waals surface area contributed by atoms with Crippen LogP contribution in [0.1, 0.15) is 45.4 Å². The molecule has 0 aliphatic carbocycles. The van der Waals surface area contributed by atoms with Gasteiger partial charge in [0, 0.05) is 17.1 Å². The van der Waals surface area contributed by atoms with Gasteiger partial charge in [-0.05, 0) is 42.9 Å². The first-order valence-corrected chi connectivity index (χ1v) is 7.77. The molecule has 0 aromatic heterocycles. The van der Waals surface area contributed by atoms with Gasteiger partial charge in [-0.25, -0.2) is 0 Å². The minimum atomic E-state index is -0.0343. The van der Waals surface area contributed by atoms with E-state index in [9.17, 15) is 4.79 Å². The molecule has 0 aliphatic heterocycles. The Morgan fingerprint density at radius 3 is 2.45 bits per heavy atom. The van der Waals surface area contributed by atoms with Crippen LogP contribution in [-0.2, 0) is 4.79 Å². The van der Waals surface area contributed by atoms with Crippen molar-refractivity contribution in [3.05, 3.63) is 29.3 Å². The largest absolute Gasteiger partial charge is 0.332 e. The lowest BCUT2D eigenvalue weighted by atomic mass is 10.1. The molecule has 1 amide bonds. The Balaban J connectivity index is 2.21. The Kier molecular flexibility index (Phi) is 8.23. The molecular formula is C15H21ClN2OS. The molecule has 0 aliphatic rings. The lowest BCUT2D eigenvalue weighted by Gasteiger charge is -2.09. The Morgan fingerprint density at radius 2 is 1.80 bits per heavy atom. The highest BCUT2D eigenvalue weighted by atomic mass is 35.5. The number of carbonyl (C=O) groups excluding carboxylic acids is 1. The van der Waals surface area contributed by atoms with Gasteiger partial charge in [0.25, 0.3) is 0 Å². The molecule has 0 unspecified atom stereocenters. The minimum Gasteiger partial charge on any atom is -0.332 e. The molecule has 0 atom stereocenters. The highest BCUT2D eigenvalue weighted by Crippen LogP contribution is 2.13. The summed E-state index contributed by atoms with van der Waals surface area (Å²) in [5.41, 5.74) is 0.808. The molecular weight excluding hydrogens is 292 g/mol. The number of anilines is 1. The number of halogens is 1. The van der Waals surface area contributed by atoms with E-state index in [1.165, 1.54) is 19.3 Å². The second-order valence-electron chi connectivity index (χ2n) is 4.67. The average molecular weight is 313 g/mol. The van der Waals surface area contributed by atoms with Gasteiger partial charge in [0.2, 0.25) is 5.91 Å². The zero-order chi connectivity index (χ0) is 14.8. The summed E-state index contributed by atoms with van der Waals surface area (Å²) in [6.45, 7) is 2.17. The number of nitrogens with one attached hydrogen (secondary N) is 2. The lowest BCUT2D eigenvalue weighted by molar-refractivity contribution is -0.119. The van der Waals surface area contributed by atoms with E-state index in [1.807, 2.05) is 12.1 Å². The predicted octanol–water partition coefficient (Wildman–Crippen LogP) is 4.51. The van der Waals surface area contributed by atoms with E-state index in [0.29, 0.717) is 16.6 Å². The van der Waals surface area contributed by atoms with Crippen molar-refractivity contribution in [1.82, 2.24) is 5.32 Å². The van der Waals surface area contributed by atoms with Gasteiger partial charge >= 0.3 is 0 Å². The number of amides is 1. The quantitative estimate of drug-likeness (QED) is 0.575. The molecule has 0 radical (unpaired) electrons. The van der Waals surface area contributed by atoms with Crippen molar-refractivity contribution in [3.8, 4) is 0 Å². The van der Waals surface area contributed by atoms with Gasteiger partial charge < -0.3 is 10.6 Å². The van der Waals surface area contributed by atoms with Crippen molar-refractivity contribution in [2.24, 2.45) is 0 Å². The maximum atomic E-state index is 11.7. The molecule has 0 saturated carbocycles. The fourth-order valence-electron chi connectivity index (χ4n) is 1.77. The van der Waals surface area contributed by atoms with Crippen molar-refractivity contribution in [2.45, 2.75) is 45.4 Å². The van der Waals surface area contributed by atoms with E-state index in [-0.39, 0.29) is 5.91 Å². The summed E-state index contributed by atoms with van der Waals surface area (Å²) >= 11 is 10.9. The first-order chi connectivity index (χ1) is 9.61. The number of hydrogen-bond acceptors (Lipinski definition) is 2. The molecule has 0 saturated heterocycles. The Labute approximate surface area is 131 Å². The van der Waals surface area contributed by atoms with Crippen LogP contribution in [0, 0.1) is 0 Å². The maximum absolute atomic E-state index is 11.7. The smallest absolute Gasteiger partial charge is 0.226 e. The number of hydrogen-bond donors (Lipinski definition) is 2. The van der Waals surface area contributed by atoms with Crippen LogP contribution in [0.4, 0.5) is 5.69 Å². The summed E-state index contributed by atoms with van der Waals surface area (Å²) < 4.78 is 0. The summed E-state index contributed by atoms with van der Waals surface area (Å²) in [4.78, 5) is 11.7. The van der Waals surface area contributed by atoms with E-state index < -0.39 is 0 Å². The second-order valence-corrected chi connectivity index (χ2v) is 5.52. The van der Waals surface area contributed by atoms with Crippen LogP contribution in [0.5, 0.6) is 0 Å². The van der Waals surface area contributed by atoms with Gasteiger partial charge in [-0.2, -0.15) is 0 Å². The predicted molar refractivity (Wildman–Crippen MR) is 89.2 cm³/mol. The van der Waals surface area contributed by atoms with Gasteiger partial charge in [0.1, 0.15) is 0 Å². The summed E-state index contributed by atoms with van der Waals surface area (Å²) in [6.07, 6.45) is 6.16. The van der Waals surface area contributed by atoms with Crippen LogP contribution in [0.25, 0.3) is 0 Å².